The van der Waals surface area contributed by atoms with Gasteiger partial charge in [0.25, 0.3) is 5.91 Å². The fourth-order valence-corrected chi connectivity index (χ4v) is 4.57. The van der Waals surface area contributed by atoms with Gasteiger partial charge in [0.05, 0.1) is 25.5 Å². The summed E-state index contributed by atoms with van der Waals surface area (Å²) in [5.74, 6) is 0.534. The van der Waals surface area contributed by atoms with Crippen molar-refractivity contribution in [2.24, 2.45) is 4.99 Å². The Morgan fingerprint density at radius 3 is 2.23 bits per heavy atom. The van der Waals surface area contributed by atoms with Gasteiger partial charge in [-0.15, -0.1) is 0 Å². The molecule has 0 radical (unpaired) electrons. The minimum atomic E-state index is -0.324. The number of anilines is 5. The van der Waals surface area contributed by atoms with Gasteiger partial charge in [-0.2, -0.15) is 15.0 Å². The third-order valence-electron chi connectivity index (χ3n) is 7.01. The molecule has 0 unspecified atom stereocenters. The molecule has 3 aromatic carbocycles. The van der Waals surface area contributed by atoms with E-state index < -0.39 is 0 Å². The molecule has 12 nitrogen and oxygen atoms in total. The van der Waals surface area contributed by atoms with Crippen molar-refractivity contribution in [3.05, 3.63) is 89.2 Å². The van der Waals surface area contributed by atoms with E-state index in [0.29, 0.717) is 69.0 Å². The normalized spacial score (nSPS) is 11.6. The lowest BCUT2D eigenvalue weighted by Gasteiger charge is -2.12. The fourth-order valence-electron chi connectivity index (χ4n) is 4.57. The number of hydrogen-bond acceptors (Lipinski definition) is 11. The van der Waals surface area contributed by atoms with Crippen molar-refractivity contribution in [3.63, 3.8) is 0 Å². The number of hydrogen-bond donors (Lipinski definition) is 4. The third-order valence-corrected chi connectivity index (χ3v) is 7.01. The van der Waals surface area contributed by atoms with Gasteiger partial charge in [-0.1, -0.05) is 18.2 Å². The zero-order valence-electron chi connectivity index (χ0n) is 26.1. The SMILES string of the molecule is CC(=O)CCCOCCOCCNc1nc(Nc2ccc(C(=O)NCc3ccc(F)cc3)cc2)nc(Nc2ccc3c(c2)N=CC3)n1. The minimum absolute atomic E-state index is 0.158. The molecule has 1 aliphatic heterocycles. The number of Topliss-reactive ketones (excluding diaryl/α,β-unsaturated/α-hetero) is 1. The van der Waals surface area contributed by atoms with Crippen LogP contribution in [0.15, 0.2) is 71.7 Å². The van der Waals surface area contributed by atoms with E-state index in [1.807, 2.05) is 24.4 Å². The van der Waals surface area contributed by atoms with Crippen LogP contribution in [0.2, 0.25) is 0 Å². The van der Waals surface area contributed by atoms with Gasteiger partial charge in [-0.3, -0.25) is 9.79 Å². The second kappa shape index (κ2) is 16.9. The average molecular weight is 641 g/mol. The highest BCUT2D eigenvalue weighted by Gasteiger charge is 2.12. The van der Waals surface area contributed by atoms with Crippen molar-refractivity contribution in [2.45, 2.75) is 32.7 Å². The highest BCUT2D eigenvalue weighted by Crippen LogP contribution is 2.29. The molecule has 0 spiro atoms. The number of benzene rings is 3. The molecule has 1 amide bonds. The van der Waals surface area contributed by atoms with Gasteiger partial charge in [0, 0.05) is 55.7 Å². The molecule has 1 aliphatic rings. The molecule has 0 saturated heterocycles. The average Bonchev–Trinajstić information content (AvgIpc) is 3.53. The van der Waals surface area contributed by atoms with Crippen LogP contribution >= 0.6 is 0 Å². The van der Waals surface area contributed by atoms with E-state index in [1.165, 1.54) is 12.1 Å². The monoisotopic (exact) mass is 640 g/mol. The molecule has 1 aromatic heterocycles. The van der Waals surface area contributed by atoms with Crippen LogP contribution in [0.1, 0.15) is 41.3 Å². The van der Waals surface area contributed by atoms with E-state index in [9.17, 15) is 14.0 Å². The maximum atomic E-state index is 13.1. The predicted molar refractivity (Wildman–Crippen MR) is 179 cm³/mol. The second-order valence-electron chi connectivity index (χ2n) is 10.8. The number of fused-ring (bicyclic) bond motifs is 1. The first-order valence-corrected chi connectivity index (χ1v) is 15.4. The first-order valence-electron chi connectivity index (χ1n) is 15.4. The molecule has 5 rings (SSSR count). The zero-order valence-corrected chi connectivity index (χ0v) is 26.1. The highest BCUT2D eigenvalue weighted by molar-refractivity contribution is 5.94. The second-order valence-corrected chi connectivity index (χ2v) is 10.8. The quantitative estimate of drug-likeness (QED) is 0.103. The largest absolute Gasteiger partial charge is 0.379 e. The number of carbonyl (C=O) groups excluding carboxylic acids is 2. The number of halogens is 1. The Labute approximate surface area is 272 Å². The van der Waals surface area contributed by atoms with Crippen molar-refractivity contribution < 1.29 is 23.5 Å². The first kappa shape index (κ1) is 33.1. The predicted octanol–water partition coefficient (Wildman–Crippen LogP) is 5.50. The number of amides is 1. The summed E-state index contributed by atoms with van der Waals surface area (Å²) >= 11 is 0. The number of nitrogens with one attached hydrogen (secondary N) is 4. The lowest BCUT2D eigenvalue weighted by Crippen LogP contribution is -2.22. The Morgan fingerprint density at radius 1 is 0.809 bits per heavy atom. The summed E-state index contributed by atoms with van der Waals surface area (Å²) in [6.07, 6.45) is 3.92. The smallest absolute Gasteiger partial charge is 0.251 e. The summed E-state index contributed by atoms with van der Waals surface area (Å²) in [6.45, 7) is 4.12. The molecule has 0 atom stereocenters. The van der Waals surface area contributed by atoms with Gasteiger partial charge in [0.2, 0.25) is 17.8 Å². The number of rotatable bonds is 18. The Kier molecular flexibility index (Phi) is 11.9. The molecule has 4 aromatic rings. The zero-order chi connectivity index (χ0) is 32.8. The van der Waals surface area contributed by atoms with Gasteiger partial charge in [-0.25, -0.2) is 4.39 Å². The van der Waals surface area contributed by atoms with Crippen LogP contribution in [-0.4, -0.2) is 65.8 Å². The lowest BCUT2D eigenvalue weighted by atomic mass is 10.1. The molecule has 0 aliphatic carbocycles. The number of aliphatic imine (C=N–C) groups is 1. The van der Waals surface area contributed by atoms with Crippen LogP contribution in [0.4, 0.5) is 39.3 Å². The van der Waals surface area contributed by atoms with Crippen LogP contribution in [0.3, 0.4) is 0 Å². The van der Waals surface area contributed by atoms with Crippen molar-refractivity contribution in [3.8, 4) is 0 Å². The number of aromatic nitrogens is 3. The lowest BCUT2D eigenvalue weighted by molar-refractivity contribution is -0.117. The van der Waals surface area contributed by atoms with E-state index in [0.717, 1.165) is 28.9 Å². The number of carbonyl (C=O) groups is 2. The number of ether oxygens (including phenoxy) is 2. The van der Waals surface area contributed by atoms with Crippen molar-refractivity contribution >= 4 is 52.8 Å². The maximum Gasteiger partial charge on any atom is 0.251 e. The van der Waals surface area contributed by atoms with Crippen LogP contribution in [0.5, 0.6) is 0 Å². The van der Waals surface area contributed by atoms with E-state index in [2.05, 4.69) is 41.2 Å². The van der Waals surface area contributed by atoms with Gasteiger partial charge in [0.15, 0.2) is 0 Å². The molecule has 244 valence electrons. The molecule has 0 bridgehead atoms. The molecule has 2 heterocycles. The summed E-state index contributed by atoms with van der Waals surface area (Å²) in [5, 5.41) is 12.4. The summed E-state index contributed by atoms with van der Waals surface area (Å²) in [5.41, 5.74) is 4.79. The summed E-state index contributed by atoms with van der Waals surface area (Å²) in [7, 11) is 0. The van der Waals surface area contributed by atoms with Crippen LogP contribution in [0, 0.1) is 5.82 Å². The highest BCUT2D eigenvalue weighted by atomic mass is 19.1. The topological polar surface area (TPSA) is 152 Å². The molecule has 0 fully saturated rings. The Hall–Kier alpha value is -5.27. The van der Waals surface area contributed by atoms with E-state index in [4.69, 9.17) is 9.47 Å². The van der Waals surface area contributed by atoms with E-state index in [1.54, 1.807) is 43.3 Å². The van der Waals surface area contributed by atoms with Crippen LogP contribution in [0.25, 0.3) is 0 Å². The Bertz CT molecular complexity index is 1680. The molecular formula is C34H37FN8O4. The maximum absolute atomic E-state index is 13.1. The summed E-state index contributed by atoms with van der Waals surface area (Å²) in [4.78, 5) is 41.6. The fraction of sp³-hybridized carbons (Fsp3) is 0.294. The van der Waals surface area contributed by atoms with Gasteiger partial charge >= 0.3 is 0 Å². The van der Waals surface area contributed by atoms with E-state index in [-0.39, 0.29) is 30.0 Å². The van der Waals surface area contributed by atoms with Crippen LogP contribution < -0.4 is 21.3 Å². The Balaban J connectivity index is 1.18. The standard InChI is InChI=1S/C34H37FN8O4/c1-23(44)3-2-17-46-19-20-47-18-16-37-32-41-33(43-34(42-32)40-29-13-6-25-14-15-36-30(25)21-29)39-28-11-7-26(8-12-28)31(45)38-22-24-4-9-27(35)10-5-24/h4-13,15,21H,2-3,14,16-20,22H2,1H3,(H,38,45)(H3,37,39,40,41,42,43). The Morgan fingerprint density at radius 2 is 1.49 bits per heavy atom. The van der Waals surface area contributed by atoms with Crippen molar-refractivity contribution in [1.29, 1.82) is 0 Å². The van der Waals surface area contributed by atoms with Crippen LogP contribution in [-0.2, 0) is 27.2 Å². The summed E-state index contributed by atoms with van der Waals surface area (Å²) < 4.78 is 24.3. The molecule has 13 heteroatoms. The molecule has 0 saturated carbocycles. The minimum Gasteiger partial charge on any atom is -0.379 e. The van der Waals surface area contributed by atoms with Gasteiger partial charge < -0.3 is 35.5 Å². The van der Waals surface area contributed by atoms with Crippen molar-refractivity contribution in [1.82, 2.24) is 20.3 Å². The van der Waals surface area contributed by atoms with Crippen molar-refractivity contribution in [2.75, 3.05) is 48.9 Å². The van der Waals surface area contributed by atoms with Gasteiger partial charge in [0.1, 0.15) is 11.6 Å². The number of nitrogens with zero attached hydrogens (tertiary/aromatic N) is 4. The first-order chi connectivity index (χ1) is 22.9. The summed E-state index contributed by atoms with van der Waals surface area (Å²) in [6, 6.07) is 18.8. The molecule has 47 heavy (non-hydrogen) atoms. The molecule has 4 N–H and O–H groups in total. The number of ketones is 1. The van der Waals surface area contributed by atoms with Gasteiger partial charge in [-0.05, 0) is 73.0 Å². The van der Waals surface area contributed by atoms with E-state index >= 15 is 0 Å². The molecular weight excluding hydrogens is 603 g/mol. The third kappa shape index (κ3) is 10.7.